The molecule has 0 aliphatic carbocycles. The number of nitrogens with zero attached hydrogens (tertiary/aromatic N) is 2. The summed E-state index contributed by atoms with van der Waals surface area (Å²) in [6.45, 7) is 5.15. The van der Waals surface area contributed by atoms with E-state index in [0.717, 1.165) is 4.90 Å². The number of nitrogens with two attached hydrogens (primary N) is 1. The number of rotatable bonds is 2. The number of pyridine rings is 1. The van der Waals surface area contributed by atoms with Crippen LogP contribution in [0.1, 0.15) is 31.1 Å². The number of amides is 1. The number of hydrogen-bond acceptors (Lipinski definition) is 5. The Morgan fingerprint density at radius 3 is 2.47 bits per heavy atom. The van der Waals surface area contributed by atoms with Crippen molar-refractivity contribution in [2.45, 2.75) is 26.4 Å². The van der Waals surface area contributed by atoms with Gasteiger partial charge in [0.2, 0.25) is 0 Å². The van der Waals surface area contributed by atoms with Gasteiger partial charge in [0.25, 0.3) is 0 Å². The van der Waals surface area contributed by atoms with Crippen molar-refractivity contribution in [2.75, 3.05) is 17.7 Å². The highest BCUT2D eigenvalue weighted by Gasteiger charge is 2.25. The van der Waals surface area contributed by atoms with Gasteiger partial charge in [0.1, 0.15) is 11.2 Å². The molecule has 0 spiro atoms. The average Bonchev–Trinajstić information content (AvgIpc) is 2.25. The van der Waals surface area contributed by atoms with Crippen molar-refractivity contribution in [2.24, 2.45) is 0 Å². The number of carboxylic acids is 1. The summed E-state index contributed by atoms with van der Waals surface area (Å²) in [5.41, 5.74) is 4.85. The van der Waals surface area contributed by atoms with Crippen molar-refractivity contribution < 1.29 is 19.4 Å². The van der Waals surface area contributed by atoms with Crippen molar-refractivity contribution in [1.29, 1.82) is 0 Å². The highest BCUT2D eigenvalue weighted by atomic mass is 16.6. The summed E-state index contributed by atoms with van der Waals surface area (Å²) in [7, 11) is 1.39. The van der Waals surface area contributed by atoms with Gasteiger partial charge in [-0.15, -0.1) is 0 Å². The smallest absolute Gasteiger partial charge is 0.415 e. The maximum Gasteiger partial charge on any atom is 0.415 e. The summed E-state index contributed by atoms with van der Waals surface area (Å²) in [4.78, 5) is 27.9. The molecule has 1 aromatic rings. The van der Waals surface area contributed by atoms with Crippen LogP contribution in [0.25, 0.3) is 0 Å². The standard InChI is InChI=1S/C12H17N3O4/c1-12(2,3)19-11(18)15(4)9-8(10(16)17)5-7(13)6-14-9/h5-6H,13H2,1-4H3,(H,16,17). The lowest BCUT2D eigenvalue weighted by Gasteiger charge is -2.24. The molecule has 104 valence electrons. The molecule has 0 aromatic carbocycles. The molecule has 1 aromatic heterocycles. The molecular formula is C12H17N3O4. The highest BCUT2D eigenvalue weighted by Crippen LogP contribution is 2.21. The fraction of sp³-hybridized carbons (Fsp3) is 0.417. The third kappa shape index (κ3) is 3.84. The second-order valence-electron chi connectivity index (χ2n) is 4.98. The number of anilines is 2. The van der Waals surface area contributed by atoms with Gasteiger partial charge in [-0.2, -0.15) is 0 Å². The van der Waals surface area contributed by atoms with E-state index in [4.69, 9.17) is 15.6 Å². The lowest BCUT2D eigenvalue weighted by molar-refractivity contribution is 0.0588. The topological polar surface area (TPSA) is 106 Å². The van der Waals surface area contributed by atoms with E-state index < -0.39 is 17.7 Å². The summed E-state index contributed by atoms with van der Waals surface area (Å²) < 4.78 is 5.14. The Balaban J connectivity index is 3.09. The van der Waals surface area contributed by atoms with Gasteiger partial charge >= 0.3 is 12.1 Å². The zero-order valence-corrected chi connectivity index (χ0v) is 11.3. The molecule has 0 unspecified atom stereocenters. The van der Waals surface area contributed by atoms with Gasteiger partial charge in [-0.3, -0.25) is 4.90 Å². The number of hydrogen-bond donors (Lipinski definition) is 2. The van der Waals surface area contributed by atoms with Crippen LogP contribution in [0, 0.1) is 0 Å². The van der Waals surface area contributed by atoms with Crippen LogP contribution in [-0.4, -0.2) is 34.8 Å². The first-order valence-electron chi connectivity index (χ1n) is 5.57. The third-order valence-electron chi connectivity index (χ3n) is 2.10. The number of carbonyl (C=O) groups excluding carboxylic acids is 1. The van der Waals surface area contributed by atoms with Gasteiger partial charge in [0.05, 0.1) is 11.9 Å². The van der Waals surface area contributed by atoms with E-state index in [1.807, 2.05) is 0 Å². The molecule has 1 heterocycles. The molecule has 1 rings (SSSR count). The van der Waals surface area contributed by atoms with E-state index >= 15 is 0 Å². The molecule has 0 saturated carbocycles. The van der Waals surface area contributed by atoms with Gasteiger partial charge < -0.3 is 15.6 Å². The Bertz CT molecular complexity index is 508. The van der Waals surface area contributed by atoms with Gasteiger partial charge in [0, 0.05) is 7.05 Å². The Morgan fingerprint density at radius 1 is 1.42 bits per heavy atom. The number of aromatic nitrogens is 1. The van der Waals surface area contributed by atoms with Crippen molar-refractivity contribution in [3.63, 3.8) is 0 Å². The van der Waals surface area contributed by atoms with Crippen LogP contribution >= 0.6 is 0 Å². The van der Waals surface area contributed by atoms with E-state index in [2.05, 4.69) is 4.98 Å². The van der Waals surface area contributed by atoms with Crippen LogP contribution in [0.5, 0.6) is 0 Å². The van der Waals surface area contributed by atoms with Crippen molar-refractivity contribution >= 4 is 23.6 Å². The monoisotopic (exact) mass is 267 g/mol. The Kier molecular flexibility index (Phi) is 3.98. The Labute approximate surface area is 111 Å². The van der Waals surface area contributed by atoms with E-state index in [0.29, 0.717) is 0 Å². The molecular weight excluding hydrogens is 250 g/mol. The van der Waals surface area contributed by atoms with E-state index in [9.17, 15) is 9.59 Å². The predicted molar refractivity (Wildman–Crippen MR) is 70.2 cm³/mol. The van der Waals surface area contributed by atoms with Crippen LogP contribution in [-0.2, 0) is 4.74 Å². The number of ether oxygens (including phenoxy) is 1. The number of aromatic carboxylic acids is 1. The van der Waals surface area contributed by atoms with Crippen molar-refractivity contribution in [1.82, 2.24) is 4.98 Å². The second-order valence-corrected chi connectivity index (χ2v) is 4.98. The average molecular weight is 267 g/mol. The van der Waals surface area contributed by atoms with Crippen LogP contribution < -0.4 is 10.6 Å². The zero-order chi connectivity index (χ0) is 14.8. The number of nitrogen functional groups attached to an aromatic ring is 1. The second kappa shape index (κ2) is 5.13. The maximum atomic E-state index is 11.9. The normalized spacial score (nSPS) is 10.9. The molecule has 7 heteroatoms. The minimum atomic E-state index is -1.22. The molecule has 0 bridgehead atoms. The Hall–Kier alpha value is -2.31. The predicted octanol–water partition coefficient (Wildman–Crippen LogP) is 1.73. The molecule has 0 aliphatic heterocycles. The largest absolute Gasteiger partial charge is 0.478 e. The van der Waals surface area contributed by atoms with E-state index in [-0.39, 0.29) is 17.1 Å². The fourth-order valence-corrected chi connectivity index (χ4v) is 1.32. The molecule has 19 heavy (non-hydrogen) atoms. The minimum absolute atomic E-state index is 0.0176. The first kappa shape index (κ1) is 14.7. The lowest BCUT2D eigenvalue weighted by atomic mass is 10.2. The number of carbonyl (C=O) groups is 2. The maximum absolute atomic E-state index is 11.9. The van der Waals surface area contributed by atoms with Gasteiger partial charge in [-0.1, -0.05) is 0 Å². The van der Waals surface area contributed by atoms with Gasteiger partial charge in [-0.25, -0.2) is 14.6 Å². The van der Waals surface area contributed by atoms with Crippen LogP contribution in [0.15, 0.2) is 12.3 Å². The van der Waals surface area contributed by atoms with Crippen LogP contribution in [0.3, 0.4) is 0 Å². The molecule has 0 fully saturated rings. The molecule has 3 N–H and O–H groups in total. The number of carboxylic acid groups (broad SMARTS) is 1. The SMILES string of the molecule is CN(C(=O)OC(C)(C)C)c1ncc(N)cc1C(=O)O. The zero-order valence-electron chi connectivity index (χ0n) is 11.3. The first-order valence-corrected chi connectivity index (χ1v) is 5.57. The fourth-order valence-electron chi connectivity index (χ4n) is 1.32. The summed E-state index contributed by atoms with van der Waals surface area (Å²) in [5, 5.41) is 9.08. The van der Waals surface area contributed by atoms with E-state index in [1.165, 1.54) is 19.3 Å². The quantitative estimate of drug-likeness (QED) is 0.845. The van der Waals surface area contributed by atoms with Crippen molar-refractivity contribution in [3.8, 4) is 0 Å². The molecule has 1 amide bonds. The first-order chi connectivity index (χ1) is 8.61. The molecule has 0 radical (unpaired) electrons. The van der Waals surface area contributed by atoms with Crippen molar-refractivity contribution in [3.05, 3.63) is 17.8 Å². The summed E-state index contributed by atoms with van der Waals surface area (Å²) in [6.07, 6.45) is 0.593. The summed E-state index contributed by atoms with van der Waals surface area (Å²) in [6, 6.07) is 1.24. The van der Waals surface area contributed by atoms with Crippen LogP contribution in [0.4, 0.5) is 16.3 Å². The highest BCUT2D eigenvalue weighted by molar-refractivity contribution is 5.99. The van der Waals surface area contributed by atoms with Gasteiger partial charge in [-0.05, 0) is 26.8 Å². The van der Waals surface area contributed by atoms with E-state index in [1.54, 1.807) is 20.8 Å². The molecule has 0 aliphatic rings. The minimum Gasteiger partial charge on any atom is -0.478 e. The molecule has 0 saturated heterocycles. The summed E-state index contributed by atoms with van der Waals surface area (Å²) in [5.74, 6) is -1.24. The summed E-state index contributed by atoms with van der Waals surface area (Å²) >= 11 is 0. The van der Waals surface area contributed by atoms with Crippen LogP contribution in [0.2, 0.25) is 0 Å². The molecule has 0 atom stereocenters. The van der Waals surface area contributed by atoms with Gasteiger partial charge in [0.15, 0.2) is 5.82 Å². The third-order valence-corrected chi connectivity index (χ3v) is 2.10. The Morgan fingerprint density at radius 2 is 2.00 bits per heavy atom. The lowest BCUT2D eigenvalue weighted by Crippen LogP contribution is -2.35. The molecule has 7 nitrogen and oxygen atoms in total.